The van der Waals surface area contributed by atoms with Gasteiger partial charge in [-0.25, -0.2) is 0 Å². The second-order valence-electron chi connectivity index (χ2n) is 6.82. The van der Waals surface area contributed by atoms with Crippen LogP contribution in [0.15, 0.2) is 0 Å². The minimum absolute atomic E-state index is 0.00164. The SMILES string of the molecule is CCC1(C(=O)N2CCC(N3CCNCC3)C2)CCCC1. The molecule has 0 aromatic carbocycles. The fraction of sp³-hybridized carbons (Fsp3) is 0.938. The monoisotopic (exact) mass is 279 g/mol. The standard InChI is InChI=1S/C16H29N3O/c1-2-16(6-3-4-7-16)15(20)19-10-5-14(13-19)18-11-8-17-9-12-18/h14,17H,2-13H2,1H3. The molecule has 3 rings (SSSR count). The number of rotatable bonds is 3. The van der Waals surface area contributed by atoms with E-state index >= 15 is 0 Å². The number of carbonyl (C=O) groups is 1. The lowest BCUT2D eigenvalue weighted by atomic mass is 9.82. The van der Waals surface area contributed by atoms with E-state index in [1.807, 2.05) is 0 Å². The highest BCUT2D eigenvalue weighted by atomic mass is 16.2. The Balaban J connectivity index is 1.60. The van der Waals surface area contributed by atoms with Crippen LogP contribution in [0.5, 0.6) is 0 Å². The Bertz CT molecular complexity index is 346. The number of nitrogens with one attached hydrogen (secondary N) is 1. The number of likely N-dealkylation sites (tertiary alicyclic amines) is 1. The van der Waals surface area contributed by atoms with Crippen molar-refractivity contribution in [3.8, 4) is 0 Å². The van der Waals surface area contributed by atoms with E-state index < -0.39 is 0 Å². The molecule has 2 aliphatic heterocycles. The summed E-state index contributed by atoms with van der Waals surface area (Å²) in [5, 5.41) is 3.41. The second-order valence-corrected chi connectivity index (χ2v) is 6.82. The number of nitrogens with zero attached hydrogens (tertiary/aromatic N) is 2. The summed E-state index contributed by atoms with van der Waals surface area (Å²) >= 11 is 0. The number of amides is 1. The summed E-state index contributed by atoms with van der Waals surface area (Å²) in [5.74, 6) is 0.468. The van der Waals surface area contributed by atoms with Gasteiger partial charge in [-0.1, -0.05) is 19.8 Å². The summed E-state index contributed by atoms with van der Waals surface area (Å²) in [5.41, 5.74) is -0.00164. The fourth-order valence-electron chi connectivity index (χ4n) is 4.38. The van der Waals surface area contributed by atoms with Crippen molar-refractivity contribution in [2.45, 2.75) is 51.5 Å². The third-order valence-corrected chi connectivity index (χ3v) is 5.81. The predicted octanol–water partition coefficient (Wildman–Crippen LogP) is 1.46. The van der Waals surface area contributed by atoms with Gasteiger partial charge in [0.2, 0.25) is 5.91 Å². The Morgan fingerprint density at radius 2 is 1.90 bits per heavy atom. The minimum Gasteiger partial charge on any atom is -0.341 e. The van der Waals surface area contributed by atoms with Gasteiger partial charge in [0, 0.05) is 50.7 Å². The first-order valence-corrected chi connectivity index (χ1v) is 8.49. The molecule has 4 heteroatoms. The summed E-state index contributed by atoms with van der Waals surface area (Å²) in [6.45, 7) is 8.65. The molecule has 1 aliphatic carbocycles. The van der Waals surface area contributed by atoms with Crippen LogP contribution in [0, 0.1) is 5.41 Å². The average Bonchev–Trinajstić information content (AvgIpc) is 3.17. The zero-order valence-corrected chi connectivity index (χ0v) is 12.9. The van der Waals surface area contributed by atoms with E-state index in [1.54, 1.807) is 0 Å². The maximum Gasteiger partial charge on any atom is 0.228 e. The van der Waals surface area contributed by atoms with Crippen LogP contribution < -0.4 is 5.32 Å². The molecule has 0 aromatic heterocycles. The number of carbonyl (C=O) groups excluding carboxylic acids is 1. The molecule has 114 valence electrons. The Labute approximate surface area is 122 Å². The van der Waals surface area contributed by atoms with Gasteiger partial charge in [0.25, 0.3) is 0 Å². The molecule has 3 fully saturated rings. The molecule has 1 saturated carbocycles. The van der Waals surface area contributed by atoms with Crippen molar-refractivity contribution in [3.05, 3.63) is 0 Å². The van der Waals surface area contributed by atoms with Crippen LogP contribution in [0.1, 0.15) is 45.4 Å². The summed E-state index contributed by atoms with van der Waals surface area (Å²) in [7, 11) is 0. The fourth-order valence-corrected chi connectivity index (χ4v) is 4.38. The van der Waals surface area contributed by atoms with Crippen molar-refractivity contribution in [3.63, 3.8) is 0 Å². The van der Waals surface area contributed by atoms with Gasteiger partial charge in [-0.15, -0.1) is 0 Å². The molecule has 1 atom stereocenters. The lowest BCUT2D eigenvalue weighted by Crippen LogP contribution is -2.50. The third kappa shape index (κ3) is 2.60. The first-order chi connectivity index (χ1) is 9.75. The molecule has 2 heterocycles. The molecule has 3 aliphatic rings. The molecular weight excluding hydrogens is 250 g/mol. The lowest BCUT2D eigenvalue weighted by Gasteiger charge is -2.34. The normalized spacial score (nSPS) is 30.9. The van der Waals surface area contributed by atoms with E-state index in [9.17, 15) is 4.79 Å². The highest BCUT2D eigenvalue weighted by molar-refractivity contribution is 5.83. The van der Waals surface area contributed by atoms with Crippen molar-refractivity contribution in [2.75, 3.05) is 39.3 Å². The van der Waals surface area contributed by atoms with Crippen molar-refractivity contribution < 1.29 is 4.79 Å². The number of hydrogen-bond donors (Lipinski definition) is 1. The van der Waals surface area contributed by atoms with E-state index in [1.165, 1.54) is 19.3 Å². The van der Waals surface area contributed by atoms with Crippen molar-refractivity contribution >= 4 is 5.91 Å². The lowest BCUT2D eigenvalue weighted by molar-refractivity contribution is -0.141. The molecular formula is C16H29N3O. The molecule has 20 heavy (non-hydrogen) atoms. The number of hydrogen-bond acceptors (Lipinski definition) is 3. The zero-order valence-electron chi connectivity index (χ0n) is 12.9. The summed E-state index contributed by atoms with van der Waals surface area (Å²) in [6.07, 6.45) is 6.93. The highest BCUT2D eigenvalue weighted by Gasteiger charge is 2.44. The minimum atomic E-state index is -0.00164. The van der Waals surface area contributed by atoms with Gasteiger partial charge in [0.05, 0.1) is 0 Å². The van der Waals surface area contributed by atoms with Crippen LogP contribution >= 0.6 is 0 Å². The second kappa shape index (κ2) is 6.02. The van der Waals surface area contributed by atoms with Gasteiger partial charge >= 0.3 is 0 Å². The average molecular weight is 279 g/mol. The molecule has 0 radical (unpaired) electrons. The van der Waals surface area contributed by atoms with E-state index in [2.05, 4.69) is 22.0 Å². The maximum absolute atomic E-state index is 12.9. The topological polar surface area (TPSA) is 35.6 Å². The molecule has 0 aromatic rings. The first kappa shape index (κ1) is 14.3. The molecule has 1 unspecified atom stereocenters. The number of piperazine rings is 1. The van der Waals surface area contributed by atoms with Gasteiger partial charge in [0.15, 0.2) is 0 Å². The zero-order chi connectivity index (χ0) is 14.0. The van der Waals surface area contributed by atoms with E-state index in [4.69, 9.17) is 0 Å². The Morgan fingerprint density at radius 3 is 2.55 bits per heavy atom. The van der Waals surface area contributed by atoms with Gasteiger partial charge in [-0.2, -0.15) is 0 Å². The van der Waals surface area contributed by atoms with Crippen molar-refractivity contribution in [2.24, 2.45) is 5.41 Å². The van der Waals surface area contributed by atoms with E-state index in [-0.39, 0.29) is 5.41 Å². The summed E-state index contributed by atoms with van der Waals surface area (Å²) < 4.78 is 0. The molecule has 1 amide bonds. The van der Waals surface area contributed by atoms with Crippen molar-refractivity contribution in [1.82, 2.24) is 15.1 Å². The molecule has 2 saturated heterocycles. The van der Waals surface area contributed by atoms with Crippen LogP contribution in [0.2, 0.25) is 0 Å². The van der Waals surface area contributed by atoms with Crippen LogP contribution in [0.4, 0.5) is 0 Å². The Kier molecular flexibility index (Phi) is 4.32. The largest absolute Gasteiger partial charge is 0.341 e. The summed E-state index contributed by atoms with van der Waals surface area (Å²) in [6, 6.07) is 0.608. The highest BCUT2D eigenvalue weighted by Crippen LogP contribution is 2.43. The van der Waals surface area contributed by atoms with Crippen LogP contribution in [-0.2, 0) is 4.79 Å². The molecule has 0 spiro atoms. The summed E-state index contributed by atoms with van der Waals surface area (Å²) in [4.78, 5) is 17.7. The molecule has 1 N–H and O–H groups in total. The van der Waals surface area contributed by atoms with E-state index in [0.29, 0.717) is 11.9 Å². The molecule has 0 bridgehead atoms. The Morgan fingerprint density at radius 1 is 1.20 bits per heavy atom. The smallest absolute Gasteiger partial charge is 0.228 e. The third-order valence-electron chi connectivity index (χ3n) is 5.81. The molecule has 4 nitrogen and oxygen atoms in total. The van der Waals surface area contributed by atoms with Crippen LogP contribution in [0.3, 0.4) is 0 Å². The van der Waals surface area contributed by atoms with Gasteiger partial charge in [0.1, 0.15) is 0 Å². The van der Waals surface area contributed by atoms with Gasteiger partial charge in [-0.05, 0) is 25.7 Å². The van der Waals surface area contributed by atoms with Crippen LogP contribution in [-0.4, -0.2) is 61.0 Å². The Hall–Kier alpha value is -0.610. The van der Waals surface area contributed by atoms with Gasteiger partial charge < -0.3 is 10.2 Å². The van der Waals surface area contributed by atoms with Gasteiger partial charge in [-0.3, -0.25) is 9.69 Å². The van der Waals surface area contributed by atoms with Crippen LogP contribution in [0.25, 0.3) is 0 Å². The first-order valence-electron chi connectivity index (χ1n) is 8.49. The van der Waals surface area contributed by atoms with Crippen molar-refractivity contribution in [1.29, 1.82) is 0 Å². The van der Waals surface area contributed by atoms with E-state index in [0.717, 1.165) is 58.5 Å². The maximum atomic E-state index is 12.9. The predicted molar refractivity (Wildman–Crippen MR) is 80.6 cm³/mol. The quantitative estimate of drug-likeness (QED) is 0.849.